The summed E-state index contributed by atoms with van der Waals surface area (Å²) in [5.74, 6) is -1.01. The Hall–Kier alpha value is -2.45. The molecule has 2 aromatic rings. The molecule has 0 unspecified atom stereocenters. The van der Waals surface area contributed by atoms with Crippen molar-refractivity contribution in [1.29, 1.82) is 0 Å². The van der Waals surface area contributed by atoms with E-state index in [0.29, 0.717) is 11.3 Å². The quantitative estimate of drug-likeness (QED) is 0.806. The number of halogens is 1. The molecule has 0 aromatic heterocycles. The van der Waals surface area contributed by atoms with Gasteiger partial charge in [0.2, 0.25) is 0 Å². The Labute approximate surface area is 139 Å². The lowest BCUT2D eigenvalue weighted by molar-refractivity contribution is 0.102. The highest BCUT2D eigenvalue weighted by Gasteiger charge is 2.17. The normalized spacial score (nSPS) is 11.4. The van der Waals surface area contributed by atoms with Gasteiger partial charge in [-0.05, 0) is 56.3 Å². The molecule has 6 nitrogen and oxygen atoms in total. The molecule has 2 N–H and O–H groups in total. The molecule has 0 radical (unpaired) electrons. The van der Waals surface area contributed by atoms with Crippen LogP contribution in [0.15, 0.2) is 47.4 Å². The number of amides is 1. The van der Waals surface area contributed by atoms with Gasteiger partial charge in [0.25, 0.3) is 16.0 Å². The van der Waals surface area contributed by atoms with Gasteiger partial charge in [0.1, 0.15) is 16.5 Å². The minimum absolute atomic E-state index is 0.00254. The maximum atomic E-state index is 13.4. The van der Waals surface area contributed by atoms with Gasteiger partial charge in [0.05, 0.1) is 6.10 Å². The fourth-order valence-electron chi connectivity index (χ4n) is 1.94. The Bertz CT molecular complexity index is 847. The second-order valence-electron chi connectivity index (χ2n) is 5.27. The van der Waals surface area contributed by atoms with Crippen LogP contribution in [0.3, 0.4) is 0 Å². The van der Waals surface area contributed by atoms with E-state index < -0.39 is 26.7 Å². The average Bonchev–Trinajstić information content (AvgIpc) is 2.48. The molecule has 128 valence electrons. The van der Waals surface area contributed by atoms with Crippen molar-refractivity contribution >= 4 is 21.7 Å². The third kappa shape index (κ3) is 4.53. The Morgan fingerprint density at radius 3 is 2.33 bits per heavy atom. The molecule has 0 aliphatic carbocycles. The predicted octanol–water partition coefficient (Wildman–Crippen LogP) is 3.11. The van der Waals surface area contributed by atoms with Crippen LogP contribution < -0.4 is 10.1 Å². The molecule has 2 rings (SSSR count). The summed E-state index contributed by atoms with van der Waals surface area (Å²) in [6.45, 7) is 3.75. The minimum atomic E-state index is -4.72. The van der Waals surface area contributed by atoms with Crippen molar-refractivity contribution in [3.8, 4) is 5.75 Å². The number of benzene rings is 2. The van der Waals surface area contributed by atoms with Crippen LogP contribution in [0, 0.1) is 5.82 Å². The number of carbonyl (C=O) groups excluding carboxylic acids is 1. The first-order valence-corrected chi connectivity index (χ1v) is 8.46. The second kappa shape index (κ2) is 6.98. The van der Waals surface area contributed by atoms with Gasteiger partial charge >= 0.3 is 0 Å². The molecule has 0 aliphatic rings. The number of carbonyl (C=O) groups is 1. The first-order chi connectivity index (χ1) is 11.2. The Morgan fingerprint density at radius 2 is 1.79 bits per heavy atom. The van der Waals surface area contributed by atoms with E-state index in [9.17, 15) is 17.6 Å². The highest BCUT2D eigenvalue weighted by Crippen LogP contribution is 2.20. The van der Waals surface area contributed by atoms with Crippen LogP contribution in [0.5, 0.6) is 5.75 Å². The standard InChI is InChI=1S/C16H16FNO5S/c1-10(2)23-13-6-3-11(4-7-13)16(19)18-12-5-8-14(17)15(9-12)24(20,21)22/h3-10H,1-2H3,(H,18,19)(H,20,21,22). The van der Waals surface area contributed by atoms with E-state index in [2.05, 4.69) is 5.32 Å². The molecule has 8 heteroatoms. The zero-order valence-corrected chi connectivity index (χ0v) is 13.8. The summed E-state index contributed by atoms with van der Waals surface area (Å²) >= 11 is 0. The zero-order chi connectivity index (χ0) is 17.9. The number of hydrogen-bond acceptors (Lipinski definition) is 4. The summed E-state index contributed by atoms with van der Waals surface area (Å²) < 4.78 is 50.0. The van der Waals surface area contributed by atoms with Gasteiger partial charge < -0.3 is 10.1 Å². The first-order valence-electron chi connectivity index (χ1n) is 7.02. The fourth-order valence-corrected chi connectivity index (χ4v) is 2.53. The van der Waals surface area contributed by atoms with E-state index >= 15 is 0 Å². The summed E-state index contributed by atoms with van der Waals surface area (Å²) in [5.41, 5.74) is 0.348. The molecular formula is C16H16FNO5S. The van der Waals surface area contributed by atoms with Gasteiger partial charge in [-0.2, -0.15) is 8.42 Å². The fraction of sp³-hybridized carbons (Fsp3) is 0.188. The van der Waals surface area contributed by atoms with Crippen molar-refractivity contribution in [2.24, 2.45) is 0 Å². The van der Waals surface area contributed by atoms with Crippen molar-refractivity contribution < 1.29 is 26.9 Å². The largest absolute Gasteiger partial charge is 0.491 e. The molecule has 24 heavy (non-hydrogen) atoms. The molecular weight excluding hydrogens is 337 g/mol. The summed E-state index contributed by atoms with van der Waals surface area (Å²) in [6, 6.07) is 9.22. The molecule has 0 spiro atoms. The zero-order valence-electron chi connectivity index (χ0n) is 13.0. The van der Waals surface area contributed by atoms with E-state index in [4.69, 9.17) is 9.29 Å². The lowest BCUT2D eigenvalue weighted by Gasteiger charge is -2.10. The summed E-state index contributed by atoms with van der Waals surface area (Å²) in [6.07, 6.45) is 0.00254. The van der Waals surface area contributed by atoms with Crippen molar-refractivity contribution in [3.05, 3.63) is 53.8 Å². The van der Waals surface area contributed by atoms with Crippen LogP contribution in [0.2, 0.25) is 0 Å². The molecule has 0 atom stereocenters. The van der Waals surface area contributed by atoms with Crippen LogP contribution in [-0.2, 0) is 10.1 Å². The van der Waals surface area contributed by atoms with Gasteiger partial charge in [-0.15, -0.1) is 0 Å². The van der Waals surface area contributed by atoms with Crippen molar-refractivity contribution in [1.82, 2.24) is 0 Å². The van der Waals surface area contributed by atoms with Gasteiger partial charge in [0, 0.05) is 11.3 Å². The Balaban J connectivity index is 2.18. The van der Waals surface area contributed by atoms with Crippen molar-refractivity contribution in [3.63, 3.8) is 0 Å². The third-order valence-electron chi connectivity index (χ3n) is 2.96. The minimum Gasteiger partial charge on any atom is -0.491 e. The first kappa shape index (κ1) is 17.9. The average molecular weight is 353 g/mol. The van der Waals surface area contributed by atoms with Gasteiger partial charge in [0.15, 0.2) is 0 Å². The highest BCUT2D eigenvalue weighted by molar-refractivity contribution is 7.85. The van der Waals surface area contributed by atoms with E-state index in [1.165, 1.54) is 6.07 Å². The summed E-state index contributed by atoms with van der Waals surface area (Å²) in [5, 5.41) is 2.44. The number of ether oxygens (including phenoxy) is 1. The third-order valence-corrected chi connectivity index (χ3v) is 3.82. The molecule has 1 amide bonds. The predicted molar refractivity (Wildman–Crippen MR) is 86.4 cm³/mol. The van der Waals surface area contributed by atoms with Crippen LogP contribution in [0.25, 0.3) is 0 Å². The molecule has 0 heterocycles. The van der Waals surface area contributed by atoms with Crippen LogP contribution in [0.1, 0.15) is 24.2 Å². The SMILES string of the molecule is CC(C)Oc1ccc(C(=O)Nc2ccc(F)c(S(=O)(=O)O)c2)cc1. The van der Waals surface area contributed by atoms with Crippen LogP contribution in [-0.4, -0.2) is 25.0 Å². The van der Waals surface area contributed by atoms with E-state index in [1.807, 2.05) is 13.8 Å². The smallest absolute Gasteiger partial charge is 0.297 e. The maximum Gasteiger partial charge on any atom is 0.297 e. The van der Waals surface area contributed by atoms with Crippen molar-refractivity contribution in [2.45, 2.75) is 24.8 Å². The molecule has 0 saturated carbocycles. The topological polar surface area (TPSA) is 92.7 Å². The molecule has 0 aliphatic heterocycles. The van der Waals surface area contributed by atoms with Crippen LogP contribution >= 0.6 is 0 Å². The highest BCUT2D eigenvalue weighted by atomic mass is 32.2. The van der Waals surface area contributed by atoms with Gasteiger partial charge in [-0.3, -0.25) is 9.35 Å². The van der Waals surface area contributed by atoms with Crippen molar-refractivity contribution in [2.75, 3.05) is 5.32 Å². The van der Waals surface area contributed by atoms with E-state index in [-0.39, 0.29) is 11.8 Å². The van der Waals surface area contributed by atoms with Crippen LogP contribution in [0.4, 0.5) is 10.1 Å². The number of anilines is 1. The lowest BCUT2D eigenvalue weighted by Crippen LogP contribution is -2.13. The Kier molecular flexibility index (Phi) is 5.20. The monoisotopic (exact) mass is 353 g/mol. The molecule has 2 aromatic carbocycles. The van der Waals surface area contributed by atoms with Gasteiger partial charge in [-0.1, -0.05) is 0 Å². The summed E-state index contributed by atoms with van der Waals surface area (Å²) in [4.78, 5) is 11.2. The lowest BCUT2D eigenvalue weighted by atomic mass is 10.2. The maximum absolute atomic E-state index is 13.4. The van der Waals surface area contributed by atoms with Gasteiger partial charge in [-0.25, -0.2) is 4.39 Å². The number of hydrogen-bond donors (Lipinski definition) is 2. The van der Waals surface area contributed by atoms with E-state index in [1.54, 1.807) is 24.3 Å². The molecule has 0 bridgehead atoms. The second-order valence-corrected chi connectivity index (χ2v) is 6.66. The molecule has 0 fully saturated rings. The Morgan fingerprint density at radius 1 is 1.17 bits per heavy atom. The van der Waals surface area contributed by atoms with E-state index in [0.717, 1.165) is 12.1 Å². The number of nitrogens with one attached hydrogen (secondary N) is 1. The number of rotatable bonds is 5. The summed E-state index contributed by atoms with van der Waals surface area (Å²) in [7, 11) is -4.72. The molecule has 0 saturated heterocycles.